The number of benzene rings is 2. The van der Waals surface area contributed by atoms with Crippen molar-refractivity contribution in [1.29, 1.82) is 5.26 Å². The number of aromatic amines is 1. The summed E-state index contributed by atoms with van der Waals surface area (Å²) in [5.41, 5.74) is 3.26. The SMILES string of the molecule is N#Cc1c(-c2ccccc2)nc(NN=Cc2ccc(F)cc2Cl)[nH]c1=O. The van der Waals surface area contributed by atoms with E-state index >= 15 is 0 Å². The van der Waals surface area contributed by atoms with Gasteiger partial charge in [0.2, 0.25) is 5.95 Å². The molecule has 0 radical (unpaired) electrons. The third-order valence-electron chi connectivity index (χ3n) is 3.42. The Labute approximate surface area is 152 Å². The van der Waals surface area contributed by atoms with E-state index in [0.717, 1.165) is 6.07 Å². The van der Waals surface area contributed by atoms with Crippen molar-refractivity contribution in [3.05, 3.63) is 80.9 Å². The van der Waals surface area contributed by atoms with E-state index in [-0.39, 0.29) is 22.2 Å². The van der Waals surface area contributed by atoms with Gasteiger partial charge in [0.1, 0.15) is 17.4 Å². The van der Waals surface area contributed by atoms with Crippen LogP contribution in [0.2, 0.25) is 5.02 Å². The highest BCUT2D eigenvalue weighted by Crippen LogP contribution is 2.19. The fourth-order valence-electron chi connectivity index (χ4n) is 2.20. The Balaban J connectivity index is 1.92. The zero-order valence-electron chi connectivity index (χ0n) is 13.2. The van der Waals surface area contributed by atoms with Gasteiger partial charge in [0.25, 0.3) is 5.56 Å². The quantitative estimate of drug-likeness (QED) is 0.544. The van der Waals surface area contributed by atoms with Gasteiger partial charge in [-0.05, 0) is 18.2 Å². The van der Waals surface area contributed by atoms with Crippen LogP contribution in [0.4, 0.5) is 10.3 Å². The van der Waals surface area contributed by atoms with Crippen molar-refractivity contribution < 1.29 is 4.39 Å². The van der Waals surface area contributed by atoms with Crippen LogP contribution in [0.3, 0.4) is 0 Å². The second-order valence-corrected chi connectivity index (χ2v) is 5.56. The molecule has 1 heterocycles. The maximum absolute atomic E-state index is 13.0. The van der Waals surface area contributed by atoms with Crippen LogP contribution in [0.1, 0.15) is 11.1 Å². The van der Waals surface area contributed by atoms with E-state index in [4.69, 9.17) is 11.6 Å². The molecule has 0 aliphatic heterocycles. The fraction of sp³-hybridized carbons (Fsp3) is 0. The molecule has 6 nitrogen and oxygen atoms in total. The summed E-state index contributed by atoms with van der Waals surface area (Å²) in [5.74, 6) is -0.395. The number of halogens is 2. The first kappa shape index (κ1) is 17.3. The zero-order chi connectivity index (χ0) is 18.5. The molecule has 0 aliphatic carbocycles. The number of hydrogen-bond donors (Lipinski definition) is 2. The van der Waals surface area contributed by atoms with Crippen LogP contribution >= 0.6 is 11.6 Å². The molecule has 3 rings (SSSR count). The predicted octanol–water partition coefficient (Wildman–Crippen LogP) is 3.55. The zero-order valence-corrected chi connectivity index (χ0v) is 14.0. The van der Waals surface area contributed by atoms with E-state index < -0.39 is 11.4 Å². The average Bonchev–Trinajstić information content (AvgIpc) is 2.64. The van der Waals surface area contributed by atoms with Crippen LogP contribution < -0.4 is 11.0 Å². The molecule has 0 fully saturated rings. The van der Waals surface area contributed by atoms with Crippen LogP contribution in [-0.4, -0.2) is 16.2 Å². The number of anilines is 1. The second kappa shape index (κ2) is 7.59. The number of hydrazone groups is 1. The normalized spacial score (nSPS) is 10.7. The van der Waals surface area contributed by atoms with Crippen LogP contribution in [0, 0.1) is 17.1 Å². The first-order valence-electron chi connectivity index (χ1n) is 7.42. The molecule has 1 aromatic heterocycles. The lowest BCUT2D eigenvalue weighted by atomic mass is 10.1. The van der Waals surface area contributed by atoms with Gasteiger partial charge in [-0.1, -0.05) is 41.9 Å². The lowest BCUT2D eigenvalue weighted by Crippen LogP contribution is -2.16. The van der Waals surface area contributed by atoms with E-state index in [9.17, 15) is 14.4 Å². The lowest BCUT2D eigenvalue weighted by Gasteiger charge is -2.06. The molecule has 0 spiro atoms. The number of nitriles is 1. The summed E-state index contributed by atoms with van der Waals surface area (Å²) in [5, 5.41) is 13.4. The molecule has 0 amide bonds. The van der Waals surface area contributed by atoms with Crippen molar-refractivity contribution in [2.24, 2.45) is 5.10 Å². The molecule has 2 aromatic carbocycles. The summed E-state index contributed by atoms with van der Waals surface area (Å²) in [4.78, 5) is 18.8. The van der Waals surface area contributed by atoms with Crippen molar-refractivity contribution in [3.63, 3.8) is 0 Å². The molecule has 0 saturated carbocycles. The Morgan fingerprint density at radius 3 is 2.73 bits per heavy atom. The van der Waals surface area contributed by atoms with Crippen molar-refractivity contribution in [3.8, 4) is 17.3 Å². The molecule has 0 bridgehead atoms. The molecule has 26 heavy (non-hydrogen) atoms. The van der Waals surface area contributed by atoms with E-state index in [1.807, 2.05) is 12.1 Å². The molecule has 2 N–H and O–H groups in total. The van der Waals surface area contributed by atoms with Gasteiger partial charge >= 0.3 is 0 Å². The minimum Gasteiger partial charge on any atom is -0.290 e. The largest absolute Gasteiger partial charge is 0.290 e. The maximum Gasteiger partial charge on any atom is 0.270 e. The van der Waals surface area contributed by atoms with Gasteiger partial charge in [-0.2, -0.15) is 10.4 Å². The van der Waals surface area contributed by atoms with Crippen LogP contribution in [0.15, 0.2) is 58.4 Å². The minimum atomic E-state index is -0.584. The fourth-order valence-corrected chi connectivity index (χ4v) is 2.42. The third-order valence-corrected chi connectivity index (χ3v) is 3.74. The molecule has 0 saturated heterocycles. The van der Waals surface area contributed by atoms with Gasteiger partial charge in [0.15, 0.2) is 0 Å². The molecular weight excluding hydrogens is 357 g/mol. The van der Waals surface area contributed by atoms with E-state index in [0.29, 0.717) is 11.1 Å². The van der Waals surface area contributed by atoms with Crippen LogP contribution in [0.5, 0.6) is 0 Å². The number of aromatic nitrogens is 2. The number of nitrogens with one attached hydrogen (secondary N) is 2. The van der Waals surface area contributed by atoms with Gasteiger partial charge in [-0.3, -0.25) is 9.78 Å². The average molecular weight is 368 g/mol. The number of hydrogen-bond acceptors (Lipinski definition) is 5. The van der Waals surface area contributed by atoms with Gasteiger partial charge in [-0.15, -0.1) is 0 Å². The van der Waals surface area contributed by atoms with Gasteiger partial charge in [-0.25, -0.2) is 14.8 Å². The second-order valence-electron chi connectivity index (χ2n) is 5.15. The van der Waals surface area contributed by atoms with Crippen molar-refractivity contribution in [1.82, 2.24) is 9.97 Å². The van der Waals surface area contributed by atoms with Crippen LogP contribution in [0.25, 0.3) is 11.3 Å². The maximum atomic E-state index is 13.0. The van der Waals surface area contributed by atoms with Crippen molar-refractivity contribution >= 4 is 23.8 Å². The van der Waals surface area contributed by atoms with Gasteiger partial charge in [0, 0.05) is 11.1 Å². The van der Waals surface area contributed by atoms with Crippen LogP contribution in [-0.2, 0) is 0 Å². The number of nitrogens with zero attached hydrogens (tertiary/aromatic N) is 3. The molecule has 0 atom stereocenters. The van der Waals surface area contributed by atoms with E-state index in [1.165, 1.54) is 18.3 Å². The monoisotopic (exact) mass is 367 g/mol. The Bertz CT molecular complexity index is 1070. The Morgan fingerprint density at radius 2 is 2.04 bits per heavy atom. The first-order chi connectivity index (χ1) is 12.6. The Hall–Kier alpha value is -3.50. The topological polar surface area (TPSA) is 93.9 Å². The molecular formula is C18H11ClFN5O. The van der Waals surface area contributed by atoms with E-state index in [2.05, 4.69) is 20.5 Å². The molecule has 0 aliphatic rings. The standard InChI is InChI=1S/C18H11ClFN5O/c19-15-8-13(20)7-6-12(15)10-22-25-18-23-16(11-4-2-1-3-5-11)14(9-21)17(26)24-18/h1-8,10H,(H2,23,24,25,26). The number of H-pyrrole nitrogens is 1. The molecule has 8 heteroatoms. The van der Waals surface area contributed by atoms with Gasteiger partial charge in [0.05, 0.1) is 16.9 Å². The highest BCUT2D eigenvalue weighted by molar-refractivity contribution is 6.33. The lowest BCUT2D eigenvalue weighted by molar-refractivity contribution is 0.628. The van der Waals surface area contributed by atoms with Gasteiger partial charge < -0.3 is 0 Å². The Kier molecular flexibility index (Phi) is 5.06. The summed E-state index contributed by atoms with van der Waals surface area (Å²) in [7, 11) is 0. The molecule has 128 valence electrons. The summed E-state index contributed by atoms with van der Waals surface area (Å²) in [6.45, 7) is 0. The highest BCUT2D eigenvalue weighted by atomic mass is 35.5. The summed E-state index contributed by atoms with van der Waals surface area (Å²) < 4.78 is 13.0. The summed E-state index contributed by atoms with van der Waals surface area (Å²) in [6, 6.07) is 14.6. The van der Waals surface area contributed by atoms with Crippen molar-refractivity contribution in [2.45, 2.75) is 0 Å². The summed E-state index contributed by atoms with van der Waals surface area (Å²) in [6.07, 6.45) is 1.36. The molecule has 0 unspecified atom stereocenters. The minimum absolute atomic E-state index is 0.0577. The third kappa shape index (κ3) is 3.77. The van der Waals surface area contributed by atoms with E-state index in [1.54, 1.807) is 24.3 Å². The predicted molar refractivity (Wildman–Crippen MR) is 97.6 cm³/mol. The smallest absolute Gasteiger partial charge is 0.270 e. The van der Waals surface area contributed by atoms with Crippen molar-refractivity contribution in [2.75, 3.05) is 5.43 Å². The summed E-state index contributed by atoms with van der Waals surface area (Å²) >= 11 is 5.91. The Morgan fingerprint density at radius 1 is 1.27 bits per heavy atom. The first-order valence-corrected chi connectivity index (χ1v) is 7.80. The molecule has 3 aromatic rings. The number of rotatable bonds is 4. The highest BCUT2D eigenvalue weighted by Gasteiger charge is 2.12.